The average molecular weight is 397 g/mol. The van der Waals surface area contributed by atoms with Gasteiger partial charge in [0.15, 0.2) is 0 Å². The third-order valence-corrected chi connectivity index (χ3v) is 4.56. The van der Waals surface area contributed by atoms with Gasteiger partial charge in [-0.2, -0.15) is 5.10 Å². The highest BCUT2D eigenvalue weighted by molar-refractivity contribution is 6.35. The van der Waals surface area contributed by atoms with Gasteiger partial charge in [-0.1, -0.05) is 30.1 Å². The number of aromatic nitrogens is 2. The van der Waals surface area contributed by atoms with Gasteiger partial charge >= 0.3 is 0 Å². The van der Waals surface area contributed by atoms with Crippen LogP contribution in [0.1, 0.15) is 30.3 Å². The third kappa shape index (κ3) is 5.22. The second-order valence-electron chi connectivity index (χ2n) is 6.08. The van der Waals surface area contributed by atoms with Gasteiger partial charge in [-0.05, 0) is 38.5 Å². The lowest BCUT2D eigenvalue weighted by atomic mass is 10.1. The van der Waals surface area contributed by atoms with Crippen molar-refractivity contribution < 1.29 is 9.59 Å². The summed E-state index contributed by atoms with van der Waals surface area (Å²) in [5.74, 6) is -0.441. The Balaban J connectivity index is 2.05. The van der Waals surface area contributed by atoms with Gasteiger partial charge in [-0.15, -0.1) is 0 Å². The zero-order chi connectivity index (χ0) is 19.3. The van der Waals surface area contributed by atoms with Gasteiger partial charge in [0.25, 0.3) is 0 Å². The minimum atomic E-state index is -0.323. The fraction of sp³-hybridized carbons (Fsp3) is 0.389. The van der Waals surface area contributed by atoms with Crippen LogP contribution in [0.2, 0.25) is 10.0 Å². The second kappa shape index (κ2) is 9.05. The summed E-state index contributed by atoms with van der Waals surface area (Å²) < 4.78 is 0. The van der Waals surface area contributed by atoms with Crippen LogP contribution in [0.4, 0.5) is 5.69 Å². The molecule has 0 aliphatic heterocycles. The molecule has 0 unspecified atom stereocenters. The number of H-pyrrole nitrogens is 1. The molecule has 0 aliphatic carbocycles. The van der Waals surface area contributed by atoms with E-state index in [1.165, 1.54) is 0 Å². The van der Waals surface area contributed by atoms with E-state index in [-0.39, 0.29) is 24.8 Å². The molecule has 0 saturated carbocycles. The van der Waals surface area contributed by atoms with Crippen molar-refractivity contribution in [2.24, 2.45) is 0 Å². The lowest BCUT2D eigenvalue weighted by Gasteiger charge is -2.22. The summed E-state index contributed by atoms with van der Waals surface area (Å²) in [6.45, 7) is 6.13. The van der Waals surface area contributed by atoms with Gasteiger partial charge in [0.05, 0.1) is 29.4 Å². The largest absolute Gasteiger partial charge is 0.333 e. The first-order valence-electron chi connectivity index (χ1n) is 8.35. The van der Waals surface area contributed by atoms with E-state index >= 15 is 0 Å². The topological polar surface area (TPSA) is 78.1 Å². The van der Waals surface area contributed by atoms with Crippen LogP contribution >= 0.6 is 23.2 Å². The molecule has 0 atom stereocenters. The highest BCUT2D eigenvalue weighted by Crippen LogP contribution is 2.25. The molecule has 6 nitrogen and oxygen atoms in total. The van der Waals surface area contributed by atoms with Crippen molar-refractivity contribution in [3.63, 3.8) is 0 Å². The number of anilines is 1. The van der Waals surface area contributed by atoms with E-state index in [0.717, 1.165) is 23.4 Å². The fourth-order valence-corrected chi connectivity index (χ4v) is 2.95. The Labute approximate surface area is 162 Å². The van der Waals surface area contributed by atoms with Crippen LogP contribution in [-0.4, -0.2) is 40.0 Å². The van der Waals surface area contributed by atoms with E-state index in [2.05, 4.69) is 15.5 Å². The lowest BCUT2D eigenvalue weighted by Crippen LogP contribution is -2.39. The molecule has 2 rings (SSSR count). The summed E-state index contributed by atoms with van der Waals surface area (Å²) in [5.41, 5.74) is 2.95. The van der Waals surface area contributed by atoms with E-state index in [4.69, 9.17) is 23.2 Å². The molecule has 2 N–H and O–H groups in total. The van der Waals surface area contributed by atoms with Crippen LogP contribution in [0, 0.1) is 13.8 Å². The Bertz CT molecular complexity index is 785. The lowest BCUT2D eigenvalue weighted by molar-refractivity contribution is -0.134. The maximum atomic E-state index is 12.7. The number of nitrogens with one attached hydrogen (secondary N) is 2. The van der Waals surface area contributed by atoms with Crippen molar-refractivity contribution in [1.29, 1.82) is 0 Å². The number of hydrogen-bond donors (Lipinski definition) is 2. The van der Waals surface area contributed by atoms with E-state index in [0.29, 0.717) is 22.3 Å². The monoisotopic (exact) mass is 396 g/mol. The van der Waals surface area contributed by atoms with Gasteiger partial charge in [0, 0.05) is 22.8 Å². The number of nitrogens with zero attached hydrogens (tertiary/aromatic N) is 2. The van der Waals surface area contributed by atoms with E-state index in [9.17, 15) is 9.59 Å². The molecule has 0 radical (unpaired) electrons. The second-order valence-corrected chi connectivity index (χ2v) is 6.92. The number of benzene rings is 1. The number of amides is 2. The Morgan fingerprint density at radius 1 is 1.27 bits per heavy atom. The molecule has 0 fully saturated rings. The Morgan fingerprint density at radius 3 is 2.62 bits per heavy atom. The van der Waals surface area contributed by atoms with Crippen LogP contribution in [-0.2, 0) is 16.0 Å². The summed E-state index contributed by atoms with van der Waals surface area (Å²) >= 11 is 12.0. The molecule has 140 valence electrons. The molecule has 0 saturated heterocycles. The summed E-state index contributed by atoms with van der Waals surface area (Å²) in [6, 6.07) is 4.83. The molecule has 1 aromatic heterocycles. The number of carbonyl (C=O) groups is 2. The van der Waals surface area contributed by atoms with Crippen molar-refractivity contribution in [3.05, 3.63) is 45.2 Å². The minimum absolute atomic E-state index is 0.0501. The van der Waals surface area contributed by atoms with Crippen LogP contribution in [0.25, 0.3) is 0 Å². The number of aryl methyl sites for hydroxylation is 2. The fourth-order valence-electron chi connectivity index (χ4n) is 2.62. The summed E-state index contributed by atoms with van der Waals surface area (Å²) in [7, 11) is 0. The first-order chi connectivity index (χ1) is 12.3. The minimum Gasteiger partial charge on any atom is -0.333 e. The zero-order valence-corrected chi connectivity index (χ0v) is 16.5. The van der Waals surface area contributed by atoms with Crippen molar-refractivity contribution in [3.8, 4) is 0 Å². The predicted octanol–water partition coefficient (Wildman–Crippen LogP) is 3.75. The molecule has 0 bridgehead atoms. The summed E-state index contributed by atoms with van der Waals surface area (Å²) in [6.07, 6.45) is 0.958. The third-order valence-electron chi connectivity index (χ3n) is 3.99. The first-order valence-corrected chi connectivity index (χ1v) is 9.10. The Kier molecular flexibility index (Phi) is 7.06. The maximum absolute atomic E-state index is 12.7. The molecule has 26 heavy (non-hydrogen) atoms. The van der Waals surface area contributed by atoms with Crippen molar-refractivity contribution >= 4 is 40.7 Å². The van der Waals surface area contributed by atoms with E-state index < -0.39 is 0 Å². The maximum Gasteiger partial charge on any atom is 0.244 e. The quantitative estimate of drug-likeness (QED) is 0.747. The standard InChI is InChI=1S/C18H22Cl2N4O2/c1-4-7-24(18(26)9-14-11(2)22-23-12(14)3)10-17(25)21-16-8-13(19)5-6-15(16)20/h5-6,8H,4,7,9-10H2,1-3H3,(H,21,25)(H,22,23). The molecule has 8 heteroatoms. The zero-order valence-electron chi connectivity index (χ0n) is 15.0. The number of hydrogen-bond acceptors (Lipinski definition) is 3. The van der Waals surface area contributed by atoms with Crippen molar-refractivity contribution in [1.82, 2.24) is 15.1 Å². The first kappa shape index (κ1) is 20.3. The molecule has 0 aliphatic rings. The highest BCUT2D eigenvalue weighted by Gasteiger charge is 2.20. The molecular formula is C18H22Cl2N4O2. The summed E-state index contributed by atoms with van der Waals surface area (Å²) in [4.78, 5) is 26.6. The van der Waals surface area contributed by atoms with Crippen LogP contribution in [0.5, 0.6) is 0 Å². The molecular weight excluding hydrogens is 375 g/mol. The van der Waals surface area contributed by atoms with Gasteiger partial charge < -0.3 is 10.2 Å². The van der Waals surface area contributed by atoms with Gasteiger partial charge in [0.2, 0.25) is 11.8 Å². The number of halogens is 2. The molecule has 2 aromatic rings. The smallest absolute Gasteiger partial charge is 0.244 e. The molecule has 0 spiro atoms. The normalized spacial score (nSPS) is 10.7. The van der Waals surface area contributed by atoms with Gasteiger partial charge in [-0.25, -0.2) is 0 Å². The average Bonchev–Trinajstić information content (AvgIpc) is 2.89. The molecule has 1 aromatic carbocycles. The predicted molar refractivity (Wildman–Crippen MR) is 104 cm³/mol. The van der Waals surface area contributed by atoms with E-state index in [1.807, 2.05) is 20.8 Å². The van der Waals surface area contributed by atoms with E-state index in [1.54, 1.807) is 23.1 Å². The SMILES string of the molecule is CCCN(CC(=O)Nc1cc(Cl)ccc1Cl)C(=O)Cc1c(C)n[nH]c1C. The number of rotatable bonds is 7. The Hall–Kier alpha value is -2.05. The van der Waals surface area contributed by atoms with Gasteiger partial charge in [0.1, 0.15) is 0 Å². The van der Waals surface area contributed by atoms with Crippen LogP contribution in [0.3, 0.4) is 0 Å². The molecule has 1 heterocycles. The van der Waals surface area contributed by atoms with Gasteiger partial charge in [-0.3, -0.25) is 14.7 Å². The summed E-state index contributed by atoms with van der Waals surface area (Å²) in [5, 5.41) is 10.5. The van der Waals surface area contributed by atoms with Crippen LogP contribution < -0.4 is 5.32 Å². The molecule has 2 amide bonds. The number of aromatic amines is 1. The van der Waals surface area contributed by atoms with Crippen molar-refractivity contribution in [2.75, 3.05) is 18.4 Å². The number of carbonyl (C=O) groups excluding carboxylic acids is 2. The Morgan fingerprint density at radius 2 is 2.00 bits per heavy atom. The van der Waals surface area contributed by atoms with Crippen LogP contribution in [0.15, 0.2) is 18.2 Å². The highest BCUT2D eigenvalue weighted by atomic mass is 35.5. The van der Waals surface area contributed by atoms with Crippen molar-refractivity contribution in [2.45, 2.75) is 33.6 Å².